The molecule has 2 N–H and O–H groups in total. The second-order valence-corrected chi connectivity index (χ2v) is 4.04. The molecule has 1 aromatic heterocycles. The van der Waals surface area contributed by atoms with Crippen LogP contribution in [0.3, 0.4) is 0 Å². The second kappa shape index (κ2) is 4.69. The molecule has 8 heteroatoms. The number of carboxylic acids is 1. The lowest BCUT2D eigenvalue weighted by molar-refractivity contribution is 0.0694. The van der Waals surface area contributed by atoms with E-state index in [-0.39, 0.29) is 10.7 Å². The van der Waals surface area contributed by atoms with E-state index >= 15 is 0 Å². The third-order valence-electron chi connectivity index (χ3n) is 2.30. The van der Waals surface area contributed by atoms with Crippen molar-refractivity contribution in [1.82, 2.24) is 9.55 Å². The standard InChI is InChI=1S/C11H6ClFN2O4/c12-5-1-6(13)3-7(2-5)15-4-8(10(17)18)9(16)14-11(15)19/h1-4H,(H,17,18)(H,14,16,19). The molecule has 0 saturated carbocycles. The van der Waals surface area contributed by atoms with Crippen LogP contribution in [-0.4, -0.2) is 20.6 Å². The Hall–Kier alpha value is -2.41. The monoisotopic (exact) mass is 284 g/mol. The molecule has 0 aliphatic carbocycles. The molecule has 2 rings (SSSR count). The Morgan fingerprint density at radius 3 is 2.58 bits per heavy atom. The first-order chi connectivity index (χ1) is 8.88. The van der Waals surface area contributed by atoms with E-state index in [0.29, 0.717) is 0 Å². The second-order valence-electron chi connectivity index (χ2n) is 3.60. The first kappa shape index (κ1) is 13.0. The van der Waals surface area contributed by atoms with Gasteiger partial charge in [0.15, 0.2) is 0 Å². The minimum absolute atomic E-state index is 0.00810. The van der Waals surface area contributed by atoms with Crippen LogP contribution in [0.15, 0.2) is 34.0 Å². The topological polar surface area (TPSA) is 92.2 Å². The fourth-order valence-electron chi connectivity index (χ4n) is 1.49. The molecule has 1 aromatic carbocycles. The zero-order valence-corrected chi connectivity index (χ0v) is 9.94. The molecule has 19 heavy (non-hydrogen) atoms. The lowest BCUT2D eigenvalue weighted by Crippen LogP contribution is -2.32. The zero-order chi connectivity index (χ0) is 14.2. The molecule has 0 atom stereocenters. The summed E-state index contributed by atoms with van der Waals surface area (Å²) in [6.45, 7) is 0. The number of benzene rings is 1. The molecule has 0 aliphatic rings. The quantitative estimate of drug-likeness (QED) is 0.861. The van der Waals surface area contributed by atoms with Crippen LogP contribution in [0.4, 0.5) is 4.39 Å². The number of nitrogens with one attached hydrogen (secondary N) is 1. The molecular formula is C11H6ClFN2O4. The van der Waals surface area contributed by atoms with Gasteiger partial charge in [0.05, 0.1) is 5.69 Å². The summed E-state index contributed by atoms with van der Waals surface area (Å²) in [6, 6.07) is 3.27. The van der Waals surface area contributed by atoms with Gasteiger partial charge in [0.2, 0.25) is 0 Å². The van der Waals surface area contributed by atoms with Crippen LogP contribution in [0.5, 0.6) is 0 Å². The van der Waals surface area contributed by atoms with Gasteiger partial charge < -0.3 is 5.11 Å². The molecule has 0 spiro atoms. The number of carboxylic acid groups (broad SMARTS) is 1. The maximum atomic E-state index is 13.2. The zero-order valence-electron chi connectivity index (χ0n) is 9.18. The summed E-state index contributed by atoms with van der Waals surface area (Å²) in [5.41, 5.74) is -2.55. The van der Waals surface area contributed by atoms with Crippen molar-refractivity contribution < 1.29 is 14.3 Å². The van der Waals surface area contributed by atoms with Crippen molar-refractivity contribution in [3.8, 4) is 5.69 Å². The fraction of sp³-hybridized carbons (Fsp3) is 0. The average molecular weight is 285 g/mol. The Labute approximate surface area is 109 Å². The predicted octanol–water partition coefficient (Wildman–Crippen LogP) is 1.02. The number of aromatic amines is 1. The molecule has 0 unspecified atom stereocenters. The van der Waals surface area contributed by atoms with Crippen LogP contribution in [0.25, 0.3) is 5.69 Å². The number of carbonyl (C=O) groups is 1. The van der Waals surface area contributed by atoms with Crippen LogP contribution in [-0.2, 0) is 0 Å². The number of H-pyrrole nitrogens is 1. The molecule has 98 valence electrons. The Balaban J connectivity index is 2.75. The first-order valence-corrected chi connectivity index (χ1v) is 5.32. The number of aromatic nitrogens is 2. The van der Waals surface area contributed by atoms with Crippen molar-refractivity contribution in [3.05, 3.63) is 61.6 Å². The van der Waals surface area contributed by atoms with Crippen LogP contribution < -0.4 is 11.2 Å². The van der Waals surface area contributed by atoms with E-state index in [4.69, 9.17) is 16.7 Å². The van der Waals surface area contributed by atoms with E-state index in [1.807, 2.05) is 4.98 Å². The molecule has 0 fully saturated rings. The largest absolute Gasteiger partial charge is 0.477 e. The Kier molecular flexibility index (Phi) is 3.22. The van der Waals surface area contributed by atoms with Gasteiger partial charge in [-0.3, -0.25) is 14.3 Å². The van der Waals surface area contributed by atoms with Crippen molar-refractivity contribution in [3.63, 3.8) is 0 Å². The van der Waals surface area contributed by atoms with Crippen molar-refractivity contribution in [2.75, 3.05) is 0 Å². The number of hydrogen-bond acceptors (Lipinski definition) is 3. The molecule has 1 heterocycles. The maximum absolute atomic E-state index is 13.2. The fourth-order valence-corrected chi connectivity index (χ4v) is 1.71. The average Bonchev–Trinajstić information content (AvgIpc) is 2.26. The number of nitrogens with zero attached hydrogens (tertiary/aromatic N) is 1. The number of aromatic carboxylic acids is 1. The molecular weight excluding hydrogens is 279 g/mol. The van der Waals surface area contributed by atoms with Gasteiger partial charge in [-0.15, -0.1) is 0 Å². The smallest absolute Gasteiger partial charge is 0.342 e. The van der Waals surface area contributed by atoms with Crippen LogP contribution in [0, 0.1) is 5.82 Å². The van der Waals surface area contributed by atoms with Gasteiger partial charge in [-0.1, -0.05) is 11.6 Å². The van der Waals surface area contributed by atoms with Crippen LogP contribution in [0.2, 0.25) is 5.02 Å². The van der Waals surface area contributed by atoms with E-state index in [1.165, 1.54) is 6.07 Å². The molecule has 0 bridgehead atoms. The molecule has 0 aliphatic heterocycles. The molecule has 6 nitrogen and oxygen atoms in total. The van der Waals surface area contributed by atoms with Crippen molar-refractivity contribution in [1.29, 1.82) is 0 Å². The van der Waals surface area contributed by atoms with Crippen molar-refractivity contribution in [2.45, 2.75) is 0 Å². The van der Waals surface area contributed by atoms with Crippen LogP contribution >= 0.6 is 11.6 Å². The van der Waals surface area contributed by atoms with E-state index in [9.17, 15) is 18.8 Å². The highest BCUT2D eigenvalue weighted by atomic mass is 35.5. The highest BCUT2D eigenvalue weighted by Crippen LogP contribution is 2.16. The molecule has 0 radical (unpaired) electrons. The van der Waals surface area contributed by atoms with Gasteiger partial charge in [0.1, 0.15) is 11.4 Å². The van der Waals surface area contributed by atoms with Gasteiger partial charge >= 0.3 is 11.7 Å². The summed E-state index contributed by atoms with van der Waals surface area (Å²) < 4.78 is 14.0. The first-order valence-electron chi connectivity index (χ1n) is 4.94. The summed E-state index contributed by atoms with van der Waals surface area (Å²) in [5, 5.41) is 8.83. The highest BCUT2D eigenvalue weighted by Gasteiger charge is 2.13. The van der Waals surface area contributed by atoms with Crippen molar-refractivity contribution in [2.24, 2.45) is 0 Å². The maximum Gasteiger partial charge on any atom is 0.342 e. The third kappa shape index (κ3) is 2.55. The lowest BCUT2D eigenvalue weighted by atomic mass is 10.3. The number of rotatable bonds is 2. The van der Waals surface area contributed by atoms with E-state index < -0.39 is 28.6 Å². The third-order valence-corrected chi connectivity index (χ3v) is 2.52. The van der Waals surface area contributed by atoms with E-state index in [1.54, 1.807) is 0 Å². The Bertz CT molecular complexity index is 761. The number of hydrogen-bond donors (Lipinski definition) is 2. The van der Waals surface area contributed by atoms with Gasteiger partial charge in [-0.2, -0.15) is 0 Å². The van der Waals surface area contributed by atoms with E-state index in [0.717, 1.165) is 22.9 Å². The highest BCUT2D eigenvalue weighted by molar-refractivity contribution is 6.30. The van der Waals surface area contributed by atoms with Gasteiger partial charge in [-0.05, 0) is 18.2 Å². The Morgan fingerprint density at radius 1 is 1.32 bits per heavy atom. The summed E-state index contributed by atoms with van der Waals surface area (Å²) in [5.74, 6) is -2.20. The van der Waals surface area contributed by atoms with Gasteiger partial charge in [-0.25, -0.2) is 14.0 Å². The summed E-state index contributed by atoms with van der Waals surface area (Å²) in [7, 11) is 0. The SMILES string of the molecule is O=C(O)c1cn(-c2cc(F)cc(Cl)c2)c(=O)[nH]c1=O. The number of halogens is 2. The Morgan fingerprint density at radius 2 is 2.00 bits per heavy atom. The predicted molar refractivity (Wildman–Crippen MR) is 64.6 cm³/mol. The summed E-state index contributed by atoms with van der Waals surface area (Å²) in [6.07, 6.45) is 0.814. The normalized spacial score (nSPS) is 10.4. The molecule has 0 amide bonds. The van der Waals surface area contributed by atoms with Crippen molar-refractivity contribution >= 4 is 17.6 Å². The van der Waals surface area contributed by atoms with E-state index in [2.05, 4.69) is 0 Å². The summed E-state index contributed by atoms with van der Waals surface area (Å²) >= 11 is 5.64. The molecule has 2 aromatic rings. The van der Waals surface area contributed by atoms with Gasteiger partial charge in [0.25, 0.3) is 5.56 Å². The summed E-state index contributed by atoms with van der Waals surface area (Å²) in [4.78, 5) is 35.5. The minimum atomic E-state index is -1.50. The molecule has 0 saturated heterocycles. The lowest BCUT2D eigenvalue weighted by Gasteiger charge is -2.06. The minimum Gasteiger partial charge on any atom is -0.477 e. The van der Waals surface area contributed by atoms with Crippen LogP contribution in [0.1, 0.15) is 10.4 Å². The van der Waals surface area contributed by atoms with Gasteiger partial charge in [0, 0.05) is 11.2 Å².